The van der Waals surface area contributed by atoms with E-state index in [1.54, 1.807) is 13.0 Å². The van der Waals surface area contributed by atoms with Crippen LogP contribution in [0.4, 0.5) is 11.4 Å². The maximum Gasteiger partial charge on any atom is 0.340 e. The van der Waals surface area contributed by atoms with E-state index in [9.17, 15) is 4.79 Å². The summed E-state index contributed by atoms with van der Waals surface area (Å²) in [7, 11) is 0. The van der Waals surface area contributed by atoms with Crippen molar-refractivity contribution in [3.63, 3.8) is 0 Å². The molecule has 1 unspecified atom stereocenters. The Morgan fingerprint density at radius 1 is 1.37 bits per heavy atom. The molecule has 4 heteroatoms. The smallest absolute Gasteiger partial charge is 0.340 e. The molecule has 0 fully saturated rings. The summed E-state index contributed by atoms with van der Waals surface area (Å²) in [6, 6.07) is 5.69. The highest BCUT2D eigenvalue weighted by Gasteiger charge is 2.14. The number of hydrogen-bond acceptors (Lipinski definition) is 4. The van der Waals surface area contributed by atoms with Crippen LogP contribution in [0.25, 0.3) is 0 Å². The van der Waals surface area contributed by atoms with Crippen molar-refractivity contribution >= 4 is 17.3 Å². The molecule has 0 amide bonds. The summed E-state index contributed by atoms with van der Waals surface area (Å²) < 4.78 is 4.99. The molecule has 0 radical (unpaired) electrons. The maximum atomic E-state index is 11.8. The molecule has 0 saturated carbocycles. The molecule has 4 nitrogen and oxygen atoms in total. The summed E-state index contributed by atoms with van der Waals surface area (Å²) in [6.07, 6.45) is 1.04. The summed E-state index contributed by atoms with van der Waals surface area (Å²) >= 11 is 0. The second-order valence-corrected chi connectivity index (χ2v) is 5.16. The average molecular weight is 264 g/mol. The molecular weight excluding hydrogens is 240 g/mol. The van der Waals surface area contributed by atoms with Crippen molar-refractivity contribution in [1.82, 2.24) is 0 Å². The van der Waals surface area contributed by atoms with Crippen LogP contribution in [0.3, 0.4) is 0 Å². The fraction of sp³-hybridized carbons (Fsp3) is 0.533. The van der Waals surface area contributed by atoms with Crippen LogP contribution in [0, 0.1) is 5.92 Å². The van der Waals surface area contributed by atoms with Crippen LogP contribution >= 0.6 is 0 Å². The zero-order chi connectivity index (χ0) is 14.4. The Labute approximate surface area is 115 Å². The minimum absolute atomic E-state index is 0.305. The lowest BCUT2D eigenvalue weighted by molar-refractivity contribution is 0.0527. The Balaban J connectivity index is 2.85. The zero-order valence-corrected chi connectivity index (χ0v) is 12.2. The third-order valence-electron chi connectivity index (χ3n) is 2.83. The quantitative estimate of drug-likeness (QED) is 0.611. The van der Waals surface area contributed by atoms with Gasteiger partial charge in [0.15, 0.2) is 0 Å². The summed E-state index contributed by atoms with van der Waals surface area (Å²) in [6.45, 7) is 8.59. The van der Waals surface area contributed by atoms with Gasteiger partial charge in [-0.25, -0.2) is 4.79 Å². The van der Waals surface area contributed by atoms with Crippen molar-refractivity contribution in [2.45, 2.75) is 40.2 Å². The number of nitrogens with one attached hydrogen (secondary N) is 1. The van der Waals surface area contributed by atoms with Gasteiger partial charge in [-0.15, -0.1) is 0 Å². The number of rotatable bonds is 6. The minimum Gasteiger partial charge on any atom is -0.462 e. The molecule has 1 rings (SSSR count). The molecule has 1 aromatic rings. The molecule has 0 spiro atoms. The molecule has 0 heterocycles. The molecule has 0 bridgehead atoms. The van der Waals surface area contributed by atoms with E-state index >= 15 is 0 Å². The first-order chi connectivity index (χ1) is 8.95. The van der Waals surface area contributed by atoms with Gasteiger partial charge in [0.05, 0.1) is 23.5 Å². The second-order valence-electron chi connectivity index (χ2n) is 5.16. The van der Waals surface area contributed by atoms with Gasteiger partial charge in [0, 0.05) is 6.04 Å². The van der Waals surface area contributed by atoms with Crippen molar-refractivity contribution in [2.75, 3.05) is 17.7 Å². The third-order valence-corrected chi connectivity index (χ3v) is 2.83. The Morgan fingerprint density at radius 2 is 2.05 bits per heavy atom. The first-order valence-electron chi connectivity index (χ1n) is 6.77. The van der Waals surface area contributed by atoms with Crippen molar-refractivity contribution in [2.24, 2.45) is 5.92 Å². The summed E-state index contributed by atoms with van der Waals surface area (Å²) in [4.78, 5) is 11.8. The molecule has 1 aromatic carbocycles. The fourth-order valence-corrected chi connectivity index (χ4v) is 2.11. The highest BCUT2D eigenvalue weighted by atomic mass is 16.5. The van der Waals surface area contributed by atoms with Crippen LogP contribution in [0.15, 0.2) is 18.2 Å². The van der Waals surface area contributed by atoms with Crippen LogP contribution in [0.1, 0.15) is 44.5 Å². The number of anilines is 2. The van der Waals surface area contributed by atoms with Crippen molar-refractivity contribution in [3.05, 3.63) is 23.8 Å². The van der Waals surface area contributed by atoms with Crippen LogP contribution in [0.5, 0.6) is 0 Å². The monoisotopic (exact) mass is 264 g/mol. The topological polar surface area (TPSA) is 64.3 Å². The maximum absolute atomic E-state index is 11.8. The van der Waals surface area contributed by atoms with Crippen LogP contribution in [0.2, 0.25) is 0 Å². The Morgan fingerprint density at radius 3 is 2.63 bits per heavy atom. The lowest BCUT2D eigenvalue weighted by atomic mass is 10.0. The standard InChI is InChI=1S/C15H24N2O2/c1-5-19-15(18)12-7-6-8-13(14(12)16)17-11(4)9-10(2)3/h6-8,10-11,17H,5,9,16H2,1-4H3. The average Bonchev–Trinajstić information content (AvgIpc) is 2.31. The van der Waals surface area contributed by atoms with Crippen molar-refractivity contribution < 1.29 is 9.53 Å². The molecule has 3 N–H and O–H groups in total. The van der Waals surface area contributed by atoms with Crippen LogP contribution < -0.4 is 11.1 Å². The van der Waals surface area contributed by atoms with Gasteiger partial charge in [-0.2, -0.15) is 0 Å². The van der Waals surface area contributed by atoms with Crippen molar-refractivity contribution in [3.8, 4) is 0 Å². The predicted octanol–water partition coefficient (Wildman–Crippen LogP) is 3.29. The summed E-state index contributed by atoms with van der Waals surface area (Å²) in [5.41, 5.74) is 7.70. The van der Waals surface area contributed by atoms with E-state index in [4.69, 9.17) is 10.5 Å². The van der Waals surface area contributed by atoms with Gasteiger partial charge in [0.2, 0.25) is 0 Å². The van der Waals surface area contributed by atoms with Crippen molar-refractivity contribution in [1.29, 1.82) is 0 Å². The zero-order valence-electron chi connectivity index (χ0n) is 12.2. The van der Waals surface area contributed by atoms with Crippen LogP contribution in [-0.2, 0) is 4.74 Å². The van der Waals surface area contributed by atoms with E-state index in [1.165, 1.54) is 0 Å². The van der Waals surface area contributed by atoms with Crippen LogP contribution in [-0.4, -0.2) is 18.6 Å². The fourth-order valence-electron chi connectivity index (χ4n) is 2.11. The van der Waals surface area contributed by atoms with Gasteiger partial charge in [0.1, 0.15) is 0 Å². The first-order valence-corrected chi connectivity index (χ1v) is 6.77. The largest absolute Gasteiger partial charge is 0.462 e. The lowest BCUT2D eigenvalue weighted by Crippen LogP contribution is -2.19. The number of nitrogen functional groups attached to an aromatic ring is 1. The van der Waals surface area contributed by atoms with E-state index in [2.05, 4.69) is 26.1 Å². The molecule has 0 saturated heterocycles. The van der Waals surface area contributed by atoms with E-state index < -0.39 is 0 Å². The van der Waals surface area contributed by atoms with Gasteiger partial charge in [-0.1, -0.05) is 19.9 Å². The van der Waals surface area contributed by atoms with Gasteiger partial charge in [-0.05, 0) is 38.3 Å². The molecular formula is C15H24N2O2. The normalized spacial score (nSPS) is 12.3. The lowest BCUT2D eigenvalue weighted by Gasteiger charge is -2.19. The van der Waals surface area contributed by atoms with E-state index in [-0.39, 0.29) is 5.97 Å². The Hall–Kier alpha value is -1.71. The third kappa shape index (κ3) is 4.47. The number of esters is 1. The molecule has 0 aliphatic rings. The number of carbonyl (C=O) groups excluding carboxylic acids is 1. The Bertz CT molecular complexity index is 430. The Kier molecular flexibility index (Phi) is 5.67. The highest BCUT2D eigenvalue weighted by Crippen LogP contribution is 2.25. The van der Waals surface area contributed by atoms with E-state index in [1.807, 2.05) is 12.1 Å². The van der Waals surface area contributed by atoms with Gasteiger partial charge < -0.3 is 15.8 Å². The molecule has 106 valence electrons. The number of nitrogens with two attached hydrogens (primary N) is 1. The second kappa shape index (κ2) is 7.02. The van der Waals surface area contributed by atoms with E-state index in [0.717, 1.165) is 12.1 Å². The highest BCUT2D eigenvalue weighted by molar-refractivity contribution is 5.98. The van der Waals surface area contributed by atoms with Gasteiger partial charge in [0.25, 0.3) is 0 Å². The SMILES string of the molecule is CCOC(=O)c1cccc(NC(C)CC(C)C)c1N. The minimum atomic E-state index is -0.375. The molecule has 0 aromatic heterocycles. The predicted molar refractivity (Wildman–Crippen MR) is 79.4 cm³/mol. The number of carbonyl (C=O) groups is 1. The number of benzene rings is 1. The molecule has 19 heavy (non-hydrogen) atoms. The van der Waals surface area contributed by atoms with E-state index in [0.29, 0.717) is 29.8 Å². The van der Waals surface area contributed by atoms with Gasteiger partial charge >= 0.3 is 5.97 Å². The molecule has 1 atom stereocenters. The number of para-hydroxylation sites is 1. The molecule has 0 aliphatic heterocycles. The summed E-state index contributed by atoms with van der Waals surface area (Å²) in [5, 5.41) is 3.35. The summed E-state index contributed by atoms with van der Waals surface area (Å²) in [5.74, 6) is 0.233. The first kappa shape index (κ1) is 15.3. The number of ether oxygens (including phenoxy) is 1. The van der Waals surface area contributed by atoms with Gasteiger partial charge in [-0.3, -0.25) is 0 Å². The molecule has 0 aliphatic carbocycles. The number of hydrogen-bond donors (Lipinski definition) is 2.